The summed E-state index contributed by atoms with van der Waals surface area (Å²) in [5.41, 5.74) is 13.6. The van der Waals surface area contributed by atoms with Gasteiger partial charge < -0.3 is 0 Å². The smallest absolute Gasteiger partial charge is 0.0705 e. The molecule has 8 aromatic carbocycles. The Hall–Kier alpha value is -9.52. The summed E-state index contributed by atoms with van der Waals surface area (Å²) in [7, 11) is 0. The van der Waals surface area contributed by atoms with Crippen LogP contribution in [0.4, 0.5) is 0 Å². The SMILES string of the molecule is CC(C)(C)c1cc2ccccc2cn1.CC(C)(C)c1ccc2ccccc2c1.CC(C)(C)c1ccc2ccccc2n1.CC(C)(C)c1ccc2cccnc2c1.CC(C)(C)c1ccc2ccncc2c1.CC(C)(C)c1ccc2cnccc2c1.CC(C)(C)c1cnc2ccccc2c1. The van der Waals surface area contributed by atoms with E-state index in [0.717, 1.165) is 27.9 Å². The molecule has 0 amide bonds. The summed E-state index contributed by atoms with van der Waals surface area (Å²) in [4.78, 5) is 26.2. The van der Waals surface area contributed by atoms with Gasteiger partial charge in [-0.3, -0.25) is 29.9 Å². The first-order valence-corrected chi connectivity index (χ1v) is 34.6. The van der Waals surface area contributed by atoms with Crippen molar-refractivity contribution < 1.29 is 0 Å². The lowest BCUT2D eigenvalue weighted by Crippen LogP contribution is -2.13. The number of hydrogen-bond acceptors (Lipinski definition) is 6. The largest absolute Gasteiger partial charge is 0.264 e. The van der Waals surface area contributed by atoms with Crippen molar-refractivity contribution >= 4 is 75.8 Å². The molecule has 0 atom stereocenters. The zero-order valence-electron chi connectivity index (χ0n) is 62.5. The number of para-hydroxylation sites is 2. The highest BCUT2D eigenvalue weighted by atomic mass is 14.7. The van der Waals surface area contributed by atoms with Crippen LogP contribution >= 0.6 is 0 Å². The van der Waals surface area contributed by atoms with Gasteiger partial charge in [-0.1, -0.05) is 303 Å². The van der Waals surface area contributed by atoms with Gasteiger partial charge in [0.05, 0.1) is 16.6 Å². The molecule has 6 aromatic heterocycles. The third-order valence-corrected chi connectivity index (χ3v) is 17.3. The van der Waals surface area contributed by atoms with Gasteiger partial charge in [0.25, 0.3) is 0 Å². The molecule has 98 heavy (non-hydrogen) atoms. The van der Waals surface area contributed by atoms with Crippen molar-refractivity contribution in [1.29, 1.82) is 0 Å². The molecule has 0 saturated heterocycles. The standard InChI is InChI=1S/C14H16.6C13H15N/c1-14(2,3)13-9-8-11-6-4-5-7-12(11)10-13;1-13(2,3)12-5-4-11-9-14-7-6-10(11)8-12;1-13(2,3)12-5-4-10-6-7-14-9-11(10)8-12;1-13(2,3)11-7-6-10-5-4-8-14-12(10)9-11;1-13(2,3)11-8-10-6-4-5-7-12(10)14-9-11;1-13(2,3)12-8-10-6-4-5-7-11(10)9-14-12;1-13(2,3)12-9-8-10-6-4-5-7-11(10)14-12/h4-10H,1-3H3;6*4-9H,1-3H3. The molecule has 0 unspecified atom stereocenters. The number of aromatic nitrogens is 6. The Bertz CT molecular complexity index is 4040. The van der Waals surface area contributed by atoms with Gasteiger partial charge >= 0.3 is 0 Å². The molecule has 0 aliphatic rings. The van der Waals surface area contributed by atoms with E-state index in [2.05, 4.69) is 351 Å². The molecular formula is C92H106N6. The minimum atomic E-state index is 0.129. The van der Waals surface area contributed by atoms with Crippen LogP contribution in [0, 0.1) is 0 Å². The van der Waals surface area contributed by atoms with E-state index in [4.69, 9.17) is 0 Å². The lowest BCUT2D eigenvalue weighted by atomic mass is 9.86. The fourth-order valence-corrected chi connectivity index (χ4v) is 10.7. The van der Waals surface area contributed by atoms with Gasteiger partial charge in [0.1, 0.15) is 0 Å². The minimum Gasteiger partial charge on any atom is -0.264 e. The predicted octanol–water partition coefficient (Wildman–Crippen LogP) is 25.3. The van der Waals surface area contributed by atoms with E-state index < -0.39 is 0 Å². The van der Waals surface area contributed by atoms with Gasteiger partial charge in [0.15, 0.2) is 0 Å². The van der Waals surface area contributed by atoms with Gasteiger partial charge in [0, 0.05) is 97.9 Å². The lowest BCUT2D eigenvalue weighted by Gasteiger charge is -2.19. The summed E-state index contributed by atoms with van der Waals surface area (Å²) >= 11 is 0. The lowest BCUT2D eigenvalue weighted by molar-refractivity contribution is 0.570. The van der Waals surface area contributed by atoms with Crippen LogP contribution in [0.25, 0.3) is 75.8 Å². The zero-order valence-corrected chi connectivity index (χ0v) is 62.5. The maximum Gasteiger partial charge on any atom is 0.0705 e. The van der Waals surface area contributed by atoms with Gasteiger partial charge in [-0.2, -0.15) is 0 Å². The molecule has 0 aliphatic carbocycles. The average molecular weight is 1300 g/mol. The third kappa shape index (κ3) is 21.2. The molecule has 0 bridgehead atoms. The third-order valence-electron chi connectivity index (χ3n) is 17.3. The number of rotatable bonds is 0. The Morgan fingerprint density at radius 1 is 0.194 bits per heavy atom. The Kier molecular flexibility index (Phi) is 23.8. The predicted molar refractivity (Wildman–Crippen MR) is 425 cm³/mol. The normalized spacial score (nSPS) is 11.9. The molecule has 14 aromatic rings. The van der Waals surface area contributed by atoms with Crippen molar-refractivity contribution in [1.82, 2.24) is 29.9 Å². The summed E-state index contributed by atoms with van der Waals surface area (Å²) in [5.74, 6) is 0. The fraction of sp³-hybridized carbons (Fsp3) is 0.304. The van der Waals surface area contributed by atoms with Crippen LogP contribution in [0.1, 0.15) is 185 Å². The van der Waals surface area contributed by atoms with E-state index in [1.54, 1.807) is 0 Å². The first kappa shape index (κ1) is 74.3. The van der Waals surface area contributed by atoms with E-state index >= 15 is 0 Å². The monoisotopic (exact) mass is 1290 g/mol. The molecule has 14 rings (SSSR count). The van der Waals surface area contributed by atoms with Gasteiger partial charge in [-0.15, -0.1) is 0 Å². The summed E-state index contributed by atoms with van der Waals surface area (Å²) in [5, 5.41) is 13.7. The number of pyridine rings is 6. The highest BCUT2D eigenvalue weighted by molar-refractivity contribution is 5.86. The van der Waals surface area contributed by atoms with Crippen molar-refractivity contribution in [3.8, 4) is 0 Å². The number of benzene rings is 8. The molecule has 0 aliphatic heterocycles. The Morgan fingerprint density at radius 3 is 1.11 bits per heavy atom. The molecule has 0 N–H and O–H groups in total. The first-order valence-electron chi connectivity index (χ1n) is 34.6. The Labute approximate surface area is 586 Å². The van der Waals surface area contributed by atoms with E-state index in [-0.39, 0.29) is 37.9 Å². The van der Waals surface area contributed by atoms with Gasteiger partial charge in [0.2, 0.25) is 0 Å². The maximum absolute atomic E-state index is 4.65. The average Bonchev–Trinajstić information content (AvgIpc) is 0.876. The van der Waals surface area contributed by atoms with Crippen molar-refractivity contribution in [2.45, 2.75) is 183 Å². The zero-order chi connectivity index (χ0) is 71.3. The quantitative estimate of drug-likeness (QED) is 0.151. The van der Waals surface area contributed by atoms with Crippen LogP contribution < -0.4 is 0 Å². The topological polar surface area (TPSA) is 77.3 Å². The second kappa shape index (κ2) is 31.3. The van der Waals surface area contributed by atoms with Crippen LogP contribution in [0.15, 0.2) is 262 Å². The molecule has 6 heteroatoms. The fourth-order valence-electron chi connectivity index (χ4n) is 10.7. The van der Waals surface area contributed by atoms with Crippen molar-refractivity contribution in [3.63, 3.8) is 0 Å². The van der Waals surface area contributed by atoms with E-state index in [0.29, 0.717) is 0 Å². The molecule has 6 heterocycles. The molecule has 504 valence electrons. The van der Waals surface area contributed by atoms with Crippen LogP contribution in [-0.2, 0) is 37.9 Å². The first-order chi connectivity index (χ1) is 46.0. The van der Waals surface area contributed by atoms with Crippen LogP contribution in [0.2, 0.25) is 0 Å². The second-order valence-corrected chi connectivity index (χ2v) is 32.8. The number of hydrogen-bond donors (Lipinski definition) is 0. The molecular weight excluding hydrogens is 1190 g/mol. The summed E-state index contributed by atoms with van der Waals surface area (Å²) in [6.07, 6.45) is 13.3. The van der Waals surface area contributed by atoms with E-state index in [9.17, 15) is 0 Å². The van der Waals surface area contributed by atoms with Crippen molar-refractivity contribution in [2.75, 3.05) is 0 Å². The highest BCUT2D eigenvalue weighted by Gasteiger charge is 2.19. The molecule has 0 spiro atoms. The molecule has 0 fully saturated rings. The molecule has 6 nitrogen and oxygen atoms in total. The van der Waals surface area contributed by atoms with Crippen molar-refractivity contribution in [2.24, 2.45) is 0 Å². The minimum absolute atomic E-state index is 0.129. The Morgan fingerprint density at radius 2 is 0.561 bits per heavy atom. The van der Waals surface area contributed by atoms with Gasteiger partial charge in [-0.25, -0.2) is 0 Å². The van der Waals surface area contributed by atoms with Crippen LogP contribution in [0.3, 0.4) is 0 Å². The Balaban J connectivity index is 0.000000146. The van der Waals surface area contributed by atoms with E-state index in [1.807, 2.05) is 85.8 Å². The number of fused-ring (bicyclic) bond motifs is 7. The van der Waals surface area contributed by atoms with E-state index in [1.165, 1.54) is 87.1 Å². The molecule has 0 radical (unpaired) electrons. The summed E-state index contributed by atoms with van der Waals surface area (Å²) in [6, 6.07) is 76.5. The maximum atomic E-state index is 4.65. The number of nitrogens with zero attached hydrogens (tertiary/aromatic N) is 6. The van der Waals surface area contributed by atoms with Crippen LogP contribution in [0.5, 0.6) is 0 Å². The van der Waals surface area contributed by atoms with Crippen molar-refractivity contribution in [3.05, 3.63) is 301 Å². The summed E-state index contributed by atoms with van der Waals surface area (Å²) in [6.45, 7) is 46.5. The van der Waals surface area contributed by atoms with Gasteiger partial charge in [-0.05, 0) is 142 Å². The summed E-state index contributed by atoms with van der Waals surface area (Å²) < 4.78 is 0. The van der Waals surface area contributed by atoms with Crippen LogP contribution in [-0.4, -0.2) is 29.9 Å². The highest BCUT2D eigenvalue weighted by Crippen LogP contribution is 2.31. The molecule has 0 saturated carbocycles. The second-order valence-electron chi connectivity index (χ2n) is 32.8.